The molecule has 0 atom stereocenters. The normalized spacial score (nSPS) is 9.27. The van der Waals surface area contributed by atoms with Crippen LogP contribution in [0.3, 0.4) is 0 Å². The van der Waals surface area contributed by atoms with Crippen LogP contribution in [0.25, 0.3) is 0 Å². The summed E-state index contributed by atoms with van der Waals surface area (Å²) in [6, 6.07) is 0. The zero-order chi connectivity index (χ0) is 8.69. The molecule has 0 unspecified atom stereocenters. The van der Waals surface area contributed by atoms with Crippen LogP contribution in [0.5, 0.6) is 0 Å². The van der Waals surface area contributed by atoms with E-state index in [2.05, 4.69) is 11.3 Å². The number of hydrogen-bond acceptors (Lipinski definition) is 2. The fourth-order valence-electron chi connectivity index (χ4n) is 0.435. The number of unbranched alkanes of at least 4 members (excludes halogenated alkanes) is 1. The molecule has 0 aliphatic rings. The smallest absolute Gasteiger partial charge is 0.340 e. The van der Waals surface area contributed by atoms with Gasteiger partial charge in [0.25, 0.3) is 0 Å². The standard InChI is InChI=1S/C7H11FO2Si/c1-3-4-5-10-7(9)6(2)11-8/h2-5H2,1H3. The van der Waals surface area contributed by atoms with Crippen molar-refractivity contribution < 1.29 is 13.6 Å². The third-order valence-electron chi connectivity index (χ3n) is 1.09. The lowest BCUT2D eigenvalue weighted by Crippen LogP contribution is -2.10. The Hall–Kier alpha value is -0.643. The van der Waals surface area contributed by atoms with Crippen LogP contribution in [-0.2, 0) is 9.53 Å². The maximum Gasteiger partial charge on any atom is 0.340 e. The molecule has 0 rings (SSSR count). The Kier molecular flexibility index (Phi) is 5.74. The number of carbonyl (C=O) groups is 1. The minimum atomic E-state index is -1.05. The van der Waals surface area contributed by atoms with Crippen molar-refractivity contribution in [2.45, 2.75) is 19.8 Å². The molecule has 0 saturated carbocycles. The quantitative estimate of drug-likeness (QED) is 0.207. The van der Waals surface area contributed by atoms with Gasteiger partial charge in [-0.05, 0) is 6.42 Å². The number of halogens is 1. The van der Waals surface area contributed by atoms with E-state index in [1.165, 1.54) is 0 Å². The van der Waals surface area contributed by atoms with Gasteiger partial charge in [0.2, 0.25) is 0 Å². The Bertz CT molecular complexity index is 147. The Labute approximate surface area is 68.4 Å². The molecule has 2 nitrogen and oxygen atoms in total. The molecule has 0 spiro atoms. The Morgan fingerprint density at radius 1 is 1.73 bits per heavy atom. The van der Waals surface area contributed by atoms with E-state index in [0.29, 0.717) is 6.61 Å². The predicted molar refractivity (Wildman–Crippen MR) is 41.9 cm³/mol. The summed E-state index contributed by atoms with van der Waals surface area (Å²) in [6.45, 7) is 5.56. The van der Waals surface area contributed by atoms with Crippen molar-refractivity contribution in [3.63, 3.8) is 0 Å². The van der Waals surface area contributed by atoms with Gasteiger partial charge >= 0.3 is 15.8 Å². The number of rotatable bonds is 5. The van der Waals surface area contributed by atoms with Crippen molar-refractivity contribution in [3.8, 4) is 0 Å². The fraction of sp³-hybridized carbons (Fsp3) is 0.571. The molecule has 0 fully saturated rings. The summed E-state index contributed by atoms with van der Waals surface area (Å²) >= 11 is 0. The molecule has 0 heterocycles. The molecule has 0 aliphatic heterocycles. The van der Waals surface area contributed by atoms with Gasteiger partial charge in [-0.15, -0.1) is 0 Å². The van der Waals surface area contributed by atoms with Crippen LogP contribution in [0.4, 0.5) is 4.11 Å². The van der Waals surface area contributed by atoms with Gasteiger partial charge in [0.15, 0.2) is 0 Å². The zero-order valence-electron chi connectivity index (χ0n) is 6.52. The van der Waals surface area contributed by atoms with E-state index in [0.717, 1.165) is 12.8 Å². The number of carbonyl (C=O) groups excluding carboxylic acids is 1. The summed E-state index contributed by atoms with van der Waals surface area (Å²) in [7, 11) is -1.05. The Balaban J connectivity index is 3.44. The SMILES string of the molecule is C=C([Si]F)C(=O)OCCCC. The van der Waals surface area contributed by atoms with E-state index in [9.17, 15) is 8.90 Å². The molecular formula is C7H11FO2Si. The highest BCUT2D eigenvalue weighted by atomic mass is 28.3. The second-order valence-corrected chi connectivity index (χ2v) is 2.86. The molecule has 0 aromatic rings. The number of ether oxygens (including phenoxy) is 1. The molecular weight excluding hydrogens is 163 g/mol. The molecule has 62 valence electrons. The van der Waals surface area contributed by atoms with E-state index >= 15 is 0 Å². The molecule has 11 heavy (non-hydrogen) atoms. The van der Waals surface area contributed by atoms with Gasteiger partial charge < -0.3 is 8.84 Å². The molecule has 0 amide bonds. The van der Waals surface area contributed by atoms with Crippen LogP contribution in [0.15, 0.2) is 11.8 Å². The molecule has 0 aliphatic carbocycles. The average Bonchev–Trinajstić information content (AvgIpc) is 2.03. The van der Waals surface area contributed by atoms with Crippen molar-refractivity contribution in [2.75, 3.05) is 6.61 Å². The molecule has 0 aromatic heterocycles. The highest BCUT2D eigenvalue weighted by Gasteiger charge is 2.08. The van der Waals surface area contributed by atoms with Gasteiger partial charge in [-0.1, -0.05) is 19.9 Å². The van der Waals surface area contributed by atoms with Crippen molar-refractivity contribution in [1.29, 1.82) is 0 Å². The minimum absolute atomic E-state index is 0.0823. The lowest BCUT2D eigenvalue weighted by molar-refractivity contribution is -0.138. The third-order valence-corrected chi connectivity index (χ3v) is 1.52. The van der Waals surface area contributed by atoms with Crippen LogP contribution < -0.4 is 0 Å². The van der Waals surface area contributed by atoms with Crippen LogP contribution in [0, 0.1) is 0 Å². The highest BCUT2D eigenvalue weighted by molar-refractivity contribution is 6.46. The maximum absolute atomic E-state index is 11.8. The van der Waals surface area contributed by atoms with E-state index in [1.54, 1.807) is 0 Å². The topological polar surface area (TPSA) is 26.3 Å². The van der Waals surface area contributed by atoms with E-state index in [-0.39, 0.29) is 5.20 Å². The van der Waals surface area contributed by atoms with Crippen molar-refractivity contribution in [3.05, 3.63) is 11.8 Å². The molecule has 0 saturated heterocycles. The molecule has 0 aromatic carbocycles. The van der Waals surface area contributed by atoms with Crippen molar-refractivity contribution >= 4 is 15.8 Å². The summed E-state index contributed by atoms with van der Waals surface area (Å²) in [5, 5.41) is -0.0823. The number of hydrogen-bond donors (Lipinski definition) is 0. The first-order chi connectivity index (χ1) is 5.22. The van der Waals surface area contributed by atoms with Crippen LogP contribution in [0.1, 0.15) is 19.8 Å². The summed E-state index contributed by atoms with van der Waals surface area (Å²) < 4.78 is 16.4. The van der Waals surface area contributed by atoms with E-state index in [1.807, 2.05) is 6.92 Å². The first kappa shape index (κ1) is 10.4. The third kappa shape index (κ3) is 4.72. The summed E-state index contributed by atoms with van der Waals surface area (Å²) in [5.41, 5.74) is 0. The highest BCUT2D eigenvalue weighted by Crippen LogP contribution is 1.95. The monoisotopic (exact) mass is 174 g/mol. The predicted octanol–water partition coefficient (Wildman–Crippen LogP) is 1.43. The van der Waals surface area contributed by atoms with Gasteiger partial charge in [0.1, 0.15) is 0 Å². The van der Waals surface area contributed by atoms with Crippen LogP contribution in [-0.4, -0.2) is 22.4 Å². The second kappa shape index (κ2) is 6.09. The van der Waals surface area contributed by atoms with E-state index < -0.39 is 15.8 Å². The van der Waals surface area contributed by atoms with Gasteiger partial charge in [0, 0.05) is 0 Å². The van der Waals surface area contributed by atoms with Gasteiger partial charge in [-0.2, -0.15) is 0 Å². The zero-order valence-corrected chi connectivity index (χ0v) is 7.52. The molecule has 4 heteroatoms. The number of esters is 1. The Morgan fingerprint density at radius 3 is 2.82 bits per heavy atom. The average molecular weight is 174 g/mol. The lowest BCUT2D eigenvalue weighted by Gasteiger charge is -2.01. The second-order valence-electron chi connectivity index (χ2n) is 2.06. The molecule has 0 bridgehead atoms. The lowest BCUT2D eigenvalue weighted by atomic mass is 10.4. The summed E-state index contributed by atoms with van der Waals surface area (Å²) in [5.74, 6) is -0.612. The maximum atomic E-state index is 11.8. The van der Waals surface area contributed by atoms with Crippen LogP contribution in [0.2, 0.25) is 0 Å². The van der Waals surface area contributed by atoms with Crippen LogP contribution >= 0.6 is 0 Å². The van der Waals surface area contributed by atoms with E-state index in [4.69, 9.17) is 0 Å². The molecule has 2 radical (unpaired) electrons. The largest absolute Gasteiger partial charge is 0.463 e. The van der Waals surface area contributed by atoms with Gasteiger partial charge in [-0.25, -0.2) is 4.79 Å². The Morgan fingerprint density at radius 2 is 2.36 bits per heavy atom. The van der Waals surface area contributed by atoms with Gasteiger partial charge in [-0.3, -0.25) is 0 Å². The van der Waals surface area contributed by atoms with Crippen molar-refractivity contribution in [2.24, 2.45) is 0 Å². The summed E-state index contributed by atoms with van der Waals surface area (Å²) in [6.07, 6.45) is 1.77. The first-order valence-electron chi connectivity index (χ1n) is 3.45. The van der Waals surface area contributed by atoms with Crippen molar-refractivity contribution in [1.82, 2.24) is 0 Å². The summed E-state index contributed by atoms with van der Waals surface area (Å²) in [4.78, 5) is 10.7. The fourth-order valence-corrected chi connectivity index (χ4v) is 0.584. The van der Waals surface area contributed by atoms with Gasteiger partial charge in [0.05, 0.1) is 11.8 Å². The molecule has 0 N–H and O–H groups in total. The minimum Gasteiger partial charge on any atom is -0.463 e. The first-order valence-corrected chi connectivity index (χ1v) is 4.32.